The van der Waals surface area contributed by atoms with Crippen molar-refractivity contribution in [3.05, 3.63) is 70.1 Å². The molecule has 6 heteroatoms. The third-order valence-electron chi connectivity index (χ3n) is 4.16. The molecule has 1 unspecified atom stereocenters. The Bertz CT molecular complexity index is 765. The van der Waals surface area contributed by atoms with Crippen LogP contribution in [0.4, 0.5) is 0 Å². The summed E-state index contributed by atoms with van der Waals surface area (Å²) in [6.45, 7) is 0.497. The molecule has 24 heavy (non-hydrogen) atoms. The summed E-state index contributed by atoms with van der Waals surface area (Å²) in [5.74, 6) is -0.204. The summed E-state index contributed by atoms with van der Waals surface area (Å²) in [7, 11) is 0. The van der Waals surface area contributed by atoms with E-state index in [1.54, 1.807) is 17.2 Å². The van der Waals surface area contributed by atoms with Gasteiger partial charge in [-0.15, -0.1) is 0 Å². The molecule has 6 nitrogen and oxygen atoms in total. The number of benzene rings is 1. The van der Waals surface area contributed by atoms with Gasteiger partial charge in [0.25, 0.3) is 0 Å². The molecular formula is C18H19N3O3. The summed E-state index contributed by atoms with van der Waals surface area (Å²) in [5.41, 5.74) is 1.73. The van der Waals surface area contributed by atoms with Gasteiger partial charge in [0.15, 0.2) is 0 Å². The van der Waals surface area contributed by atoms with Gasteiger partial charge in [0, 0.05) is 25.2 Å². The molecule has 0 spiro atoms. The Morgan fingerprint density at radius 1 is 1.12 bits per heavy atom. The molecule has 1 aliphatic heterocycles. The lowest BCUT2D eigenvalue weighted by Crippen LogP contribution is -2.51. The first kappa shape index (κ1) is 16.0. The number of H-pyrrole nitrogens is 1. The number of nitrogens with one attached hydrogen (secondary N) is 2. The Morgan fingerprint density at radius 3 is 2.62 bits per heavy atom. The Morgan fingerprint density at radius 2 is 1.92 bits per heavy atom. The van der Waals surface area contributed by atoms with Crippen molar-refractivity contribution in [2.24, 2.45) is 0 Å². The summed E-state index contributed by atoms with van der Waals surface area (Å²) in [5, 5.41) is 2.82. The quantitative estimate of drug-likeness (QED) is 0.880. The zero-order chi connectivity index (χ0) is 16.9. The van der Waals surface area contributed by atoms with E-state index in [0.29, 0.717) is 19.4 Å². The van der Waals surface area contributed by atoms with Crippen molar-refractivity contribution in [3.63, 3.8) is 0 Å². The summed E-state index contributed by atoms with van der Waals surface area (Å²) >= 11 is 0. The highest BCUT2D eigenvalue weighted by atomic mass is 16.2. The molecule has 0 radical (unpaired) electrons. The van der Waals surface area contributed by atoms with Crippen LogP contribution in [0.1, 0.15) is 23.6 Å². The van der Waals surface area contributed by atoms with Gasteiger partial charge in [0.05, 0.1) is 6.04 Å². The highest BCUT2D eigenvalue weighted by Gasteiger charge is 2.30. The number of carbonyl (C=O) groups excluding carboxylic acids is 2. The van der Waals surface area contributed by atoms with Crippen molar-refractivity contribution in [3.8, 4) is 0 Å². The molecule has 1 aromatic heterocycles. The van der Waals surface area contributed by atoms with Gasteiger partial charge >= 0.3 is 0 Å². The molecule has 1 atom stereocenters. The minimum Gasteiger partial charge on any atom is -0.352 e. The largest absolute Gasteiger partial charge is 0.352 e. The SMILES string of the molecule is O=C1CN(C(=O)CCc2ccc(=O)[nH]c2)C(c2ccccc2)CN1. The topological polar surface area (TPSA) is 82.3 Å². The molecule has 1 fully saturated rings. The molecule has 1 aromatic carbocycles. The van der Waals surface area contributed by atoms with Crippen molar-refractivity contribution in [2.75, 3.05) is 13.1 Å². The predicted molar refractivity (Wildman–Crippen MR) is 89.3 cm³/mol. The van der Waals surface area contributed by atoms with Gasteiger partial charge < -0.3 is 15.2 Å². The highest BCUT2D eigenvalue weighted by molar-refractivity contribution is 5.86. The van der Waals surface area contributed by atoms with E-state index in [4.69, 9.17) is 0 Å². The fourth-order valence-electron chi connectivity index (χ4n) is 2.87. The summed E-state index contributed by atoms with van der Waals surface area (Å²) < 4.78 is 0. The van der Waals surface area contributed by atoms with Crippen LogP contribution in [0.2, 0.25) is 0 Å². The molecule has 1 saturated heterocycles. The first-order chi connectivity index (χ1) is 11.6. The van der Waals surface area contributed by atoms with Crippen LogP contribution in [-0.4, -0.2) is 34.8 Å². The number of amides is 2. The van der Waals surface area contributed by atoms with E-state index in [2.05, 4.69) is 10.3 Å². The Kier molecular flexibility index (Phi) is 4.74. The number of hydrogen-bond acceptors (Lipinski definition) is 3. The fraction of sp³-hybridized carbons (Fsp3) is 0.278. The molecule has 3 rings (SSSR count). The third-order valence-corrected chi connectivity index (χ3v) is 4.16. The van der Waals surface area contributed by atoms with Gasteiger partial charge in [-0.3, -0.25) is 14.4 Å². The Labute approximate surface area is 139 Å². The lowest BCUT2D eigenvalue weighted by molar-refractivity contribution is -0.141. The van der Waals surface area contributed by atoms with E-state index in [1.165, 1.54) is 6.07 Å². The summed E-state index contributed by atoms with van der Waals surface area (Å²) in [6, 6.07) is 12.7. The lowest BCUT2D eigenvalue weighted by Gasteiger charge is -2.36. The predicted octanol–water partition coefficient (Wildman–Crippen LogP) is 1.01. The summed E-state index contributed by atoms with van der Waals surface area (Å²) in [4.78, 5) is 39.7. The van der Waals surface area contributed by atoms with Crippen LogP contribution in [0.15, 0.2) is 53.5 Å². The lowest BCUT2D eigenvalue weighted by atomic mass is 10.0. The second-order valence-electron chi connectivity index (χ2n) is 5.81. The van der Waals surface area contributed by atoms with Crippen LogP contribution in [0.3, 0.4) is 0 Å². The van der Waals surface area contributed by atoms with Crippen molar-refractivity contribution >= 4 is 11.8 Å². The first-order valence-electron chi connectivity index (χ1n) is 7.92. The number of carbonyl (C=O) groups is 2. The number of pyridine rings is 1. The molecule has 2 aromatic rings. The zero-order valence-corrected chi connectivity index (χ0v) is 13.2. The minimum atomic E-state index is -0.165. The smallest absolute Gasteiger partial charge is 0.247 e. The molecule has 2 N–H and O–H groups in total. The monoisotopic (exact) mass is 325 g/mol. The fourth-order valence-corrected chi connectivity index (χ4v) is 2.87. The normalized spacial score (nSPS) is 17.4. The maximum absolute atomic E-state index is 12.6. The Balaban J connectivity index is 1.71. The van der Waals surface area contributed by atoms with Crippen molar-refractivity contribution in [1.29, 1.82) is 0 Å². The highest BCUT2D eigenvalue weighted by Crippen LogP contribution is 2.23. The van der Waals surface area contributed by atoms with E-state index < -0.39 is 0 Å². The van der Waals surface area contributed by atoms with Crippen LogP contribution in [-0.2, 0) is 16.0 Å². The average Bonchev–Trinajstić information content (AvgIpc) is 2.61. The summed E-state index contributed by atoms with van der Waals surface area (Å²) in [6.07, 6.45) is 2.44. The van der Waals surface area contributed by atoms with Crippen molar-refractivity contribution in [1.82, 2.24) is 15.2 Å². The molecule has 2 heterocycles. The third kappa shape index (κ3) is 3.71. The number of piperazine rings is 1. The molecule has 124 valence electrons. The molecule has 0 aliphatic carbocycles. The number of rotatable bonds is 4. The van der Waals surface area contributed by atoms with Crippen LogP contribution in [0.25, 0.3) is 0 Å². The molecular weight excluding hydrogens is 306 g/mol. The number of aromatic nitrogens is 1. The second kappa shape index (κ2) is 7.12. The van der Waals surface area contributed by atoms with Gasteiger partial charge in [-0.1, -0.05) is 36.4 Å². The maximum atomic E-state index is 12.6. The van der Waals surface area contributed by atoms with Gasteiger partial charge in [-0.2, -0.15) is 0 Å². The van der Waals surface area contributed by atoms with Gasteiger partial charge in [-0.05, 0) is 17.5 Å². The van der Waals surface area contributed by atoms with Crippen LogP contribution in [0, 0.1) is 0 Å². The average molecular weight is 325 g/mol. The number of aromatic amines is 1. The molecule has 0 saturated carbocycles. The van der Waals surface area contributed by atoms with Gasteiger partial charge in [0.2, 0.25) is 17.4 Å². The number of aryl methyl sites for hydroxylation is 1. The van der Waals surface area contributed by atoms with Crippen LogP contribution in [0.5, 0.6) is 0 Å². The van der Waals surface area contributed by atoms with E-state index in [0.717, 1.165) is 11.1 Å². The van der Waals surface area contributed by atoms with E-state index in [-0.39, 0.29) is 30.0 Å². The van der Waals surface area contributed by atoms with E-state index in [1.807, 2.05) is 30.3 Å². The van der Waals surface area contributed by atoms with Gasteiger partial charge in [-0.25, -0.2) is 0 Å². The number of hydrogen-bond donors (Lipinski definition) is 2. The molecule has 1 aliphatic rings. The number of nitrogens with zero attached hydrogens (tertiary/aromatic N) is 1. The van der Waals surface area contributed by atoms with Crippen LogP contribution < -0.4 is 10.9 Å². The van der Waals surface area contributed by atoms with Gasteiger partial charge in [0.1, 0.15) is 6.54 Å². The van der Waals surface area contributed by atoms with E-state index >= 15 is 0 Å². The van der Waals surface area contributed by atoms with E-state index in [9.17, 15) is 14.4 Å². The first-order valence-corrected chi connectivity index (χ1v) is 7.92. The van der Waals surface area contributed by atoms with Crippen molar-refractivity contribution in [2.45, 2.75) is 18.9 Å². The molecule has 2 amide bonds. The Hall–Kier alpha value is -2.89. The molecule has 0 bridgehead atoms. The van der Waals surface area contributed by atoms with Crippen molar-refractivity contribution < 1.29 is 9.59 Å². The maximum Gasteiger partial charge on any atom is 0.247 e. The minimum absolute atomic E-state index is 0.0649. The second-order valence-corrected chi connectivity index (χ2v) is 5.81. The zero-order valence-electron chi connectivity index (χ0n) is 13.2. The standard InChI is InChI=1S/C18H19N3O3/c22-16-8-6-13(10-19-16)7-9-18(24)21-12-17(23)20-11-15(21)14-4-2-1-3-5-14/h1-6,8,10,15H,7,9,11-12H2,(H,19,22)(H,20,23). The van der Waals surface area contributed by atoms with Crippen LogP contribution >= 0.6 is 0 Å².